The summed E-state index contributed by atoms with van der Waals surface area (Å²) in [4.78, 5) is 35.3. The smallest absolute Gasteiger partial charge is 0.255 e. The zero-order valence-corrected chi connectivity index (χ0v) is 23.2. The van der Waals surface area contributed by atoms with Crippen molar-refractivity contribution in [3.05, 3.63) is 89.1 Å². The number of aromatic amines is 1. The van der Waals surface area contributed by atoms with Crippen LogP contribution in [-0.4, -0.2) is 60.5 Å². The molecule has 8 nitrogen and oxygen atoms in total. The van der Waals surface area contributed by atoms with Crippen molar-refractivity contribution in [3.63, 3.8) is 0 Å². The molecule has 8 heteroatoms. The molecule has 40 heavy (non-hydrogen) atoms. The fourth-order valence-corrected chi connectivity index (χ4v) is 6.39. The van der Waals surface area contributed by atoms with Gasteiger partial charge in [0.1, 0.15) is 12.3 Å². The third kappa shape index (κ3) is 3.81. The molecule has 1 aromatic heterocycles. The highest BCUT2D eigenvalue weighted by Gasteiger charge is 2.56. The van der Waals surface area contributed by atoms with Crippen LogP contribution >= 0.6 is 0 Å². The summed E-state index contributed by atoms with van der Waals surface area (Å²) in [6, 6.07) is 21.5. The Morgan fingerprint density at radius 2 is 1.68 bits per heavy atom. The second-order valence-corrected chi connectivity index (χ2v) is 10.4. The average molecular weight is 540 g/mol. The second kappa shape index (κ2) is 9.93. The Morgan fingerprint density at radius 1 is 0.950 bits per heavy atom. The van der Waals surface area contributed by atoms with Crippen molar-refractivity contribution in [2.24, 2.45) is 0 Å². The summed E-state index contributed by atoms with van der Waals surface area (Å²) in [6.45, 7) is 4.88. The van der Waals surface area contributed by atoms with E-state index in [2.05, 4.69) is 11.1 Å². The van der Waals surface area contributed by atoms with Crippen LogP contribution in [0.15, 0.2) is 66.7 Å². The molecule has 0 radical (unpaired) electrons. The molecular weight excluding hydrogens is 506 g/mol. The third-order valence-corrected chi connectivity index (χ3v) is 8.26. The van der Waals surface area contributed by atoms with Gasteiger partial charge >= 0.3 is 0 Å². The fourth-order valence-electron chi connectivity index (χ4n) is 6.39. The minimum atomic E-state index is -1.20. The van der Waals surface area contributed by atoms with Crippen molar-refractivity contribution in [2.75, 3.05) is 33.9 Å². The number of nitrogens with one attached hydrogen (secondary N) is 1. The highest BCUT2D eigenvalue weighted by Crippen LogP contribution is 2.50. The number of H-pyrrole nitrogens is 1. The van der Waals surface area contributed by atoms with Gasteiger partial charge in [0.25, 0.3) is 5.91 Å². The first-order valence-electron chi connectivity index (χ1n) is 13.5. The lowest BCUT2D eigenvalue weighted by Gasteiger charge is -2.51. The molecule has 2 atom stereocenters. The lowest BCUT2D eigenvalue weighted by molar-refractivity contribution is -0.167. The van der Waals surface area contributed by atoms with Crippen molar-refractivity contribution in [3.8, 4) is 17.2 Å². The number of aromatic nitrogens is 1. The number of nitrogens with zero attached hydrogens (tertiary/aromatic N) is 2. The number of ether oxygens (including phenoxy) is 3. The molecule has 4 aromatic rings. The Hall–Kier alpha value is -4.46. The first kappa shape index (κ1) is 25.8. The maximum absolute atomic E-state index is 14.4. The maximum Gasteiger partial charge on any atom is 0.255 e. The number of para-hydroxylation sites is 3. The van der Waals surface area contributed by atoms with Gasteiger partial charge in [-0.1, -0.05) is 48.5 Å². The van der Waals surface area contributed by atoms with Crippen molar-refractivity contribution in [2.45, 2.75) is 31.8 Å². The van der Waals surface area contributed by atoms with Crippen LogP contribution in [0.5, 0.6) is 17.2 Å². The fraction of sp³-hybridized carbons (Fsp3) is 0.312. The Morgan fingerprint density at radius 3 is 2.45 bits per heavy atom. The average Bonchev–Trinajstić information content (AvgIpc) is 3.37. The van der Waals surface area contributed by atoms with Gasteiger partial charge in [-0.2, -0.15) is 0 Å². The summed E-state index contributed by atoms with van der Waals surface area (Å²) in [6.07, 6.45) is 0. The molecule has 2 amide bonds. The van der Waals surface area contributed by atoms with Crippen LogP contribution in [0.25, 0.3) is 10.9 Å². The molecule has 206 valence electrons. The van der Waals surface area contributed by atoms with Crippen LogP contribution in [0, 0.1) is 0 Å². The van der Waals surface area contributed by atoms with E-state index in [1.807, 2.05) is 74.5 Å². The quantitative estimate of drug-likeness (QED) is 0.364. The molecule has 1 saturated heterocycles. The van der Waals surface area contributed by atoms with E-state index in [0.29, 0.717) is 30.4 Å². The molecule has 1 N–H and O–H groups in total. The van der Waals surface area contributed by atoms with Gasteiger partial charge in [0.05, 0.1) is 26.5 Å². The van der Waals surface area contributed by atoms with E-state index in [-0.39, 0.29) is 30.8 Å². The van der Waals surface area contributed by atoms with Gasteiger partial charge in [0.2, 0.25) is 5.91 Å². The van der Waals surface area contributed by atoms with Gasteiger partial charge in [-0.3, -0.25) is 9.59 Å². The molecule has 2 aliphatic heterocycles. The van der Waals surface area contributed by atoms with Crippen LogP contribution in [0.2, 0.25) is 0 Å². The third-order valence-electron chi connectivity index (χ3n) is 8.26. The molecule has 0 unspecified atom stereocenters. The van der Waals surface area contributed by atoms with E-state index in [9.17, 15) is 9.59 Å². The summed E-state index contributed by atoms with van der Waals surface area (Å²) in [5.41, 5.74) is 3.23. The van der Waals surface area contributed by atoms with E-state index in [1.165, 1.54) is 0 Å². The molecule has 3 aromatic carbocycles. The number of piperazine rings is 1. The molecule has 6 rings (SSSR count). The lowest BCUT2D eigenvalue weighted by atomic mass is 9.76. The van der Waals surface area contributed by atoms with Gasteiger partial charge in [-0.25, -0.2) is 0 Å². The first-order valence-corrected chi connectivity index (χ1v) is 13.5. The Kier molecular flexibility index (Phi) is 6.41. The van der Waals surface area contributed by atoms with Gasteiger partial charge in [0, 0.05) is 41.0 Å². The zero-order chi connectivity index (χ0) is 28.0. The largest absolute Gasteiger partial charge is 0.496 e. The molecular formula is C32H33N3O5. The maximum atomic E-state index is 14.4. The number of amides is 2. The molecule has 2 aliphatic rings. The van der Waals surface area contributed by atoms with Crippen molar-refractivity contribution < 1.29 is 23.8 Å². The van der Waals surface area contributed by atoms with Gasteiger partial charge < -0.3 is 29.0 Å². The zero-order valence-electron chi connectivity index (χ0n) is 23.2. The van der Waals surface area contributed by atoms with Crippen molar-refractivity contribution in [1.29, 1.82) is 0 Å². The molecule has 0 saturated carbocycles. The Balaban J connectivity index is 1.52. The van der Waals surface area contributed by atoms with E-state index < -0.39 is 5.54 Å². The number of hydrogen-bond donors (Lipinski definition) is 1. The summed E-state index contributed by atoms with van der Waals surface area (Å²) in [7, 11) is 3.23. The Bertz CT molecular complexity index is 1610. The summed E-state index contributed by atoms with van der Waals surface area (Å²) in [5, 5.41) is 1.02. The number of rotatable bonds is 7. The Labute approximate surface area is 233 Å². The summed E-state index contributed by atoms with van der Waals surface area (Å²) in [5.74, 6) is 1.52. The van der Waals surface area contributed by atoms with Gasteiger partial charge in [0.15, 0.2) is 17.0 Å². The van der Waals surface area contributed by atoms with E-state index in [0.717, 1.165) is 33.3 Å². The van der Waals surface area contributed by atoms with Crippen LogP contribution in [0.1, 0.15) is 42.1 Å². The number of fused-ring (bicyclic) bond motifs is 5. The van der Waals surface area contributed by atoms with Gasteiger partial charge in [-0.15, -0.1) is 0 Å². The SMILES string of the molecule is CCOc1c(OC)cccc1[C@H]1CN2C(=O)CN(Cc3ccccc3OC)C(=O)[C@]2(C)c2[nH]c3ccccc3c21. The number of benzene rings is 3. The van der Waals surface area contributed by atoms with Crippen LogP contribution < -0.4 is 14.2 Å². The monoisotopic (exact) mass is 539 g/mol. The van der Waals surface area contributed by atoms with Crippen molar-refractivity contribution >= 4 is 22.7 Å². The predicted molar refractivity (Wildman–Crippen MR) is 152 cm³/mol. The van der Waals surface area contributed by atoms with E-state index in [1.54, 1.807) is 24.0 Å². The van der Waals surface area contributed by atoms with E-state index >= 15 is 0 Å². The second-order valence-electron chi connectivity index (χ2n) is 10.4. The summed E-state index contributed by atoms with van der Waals surface area (Å²) < 4.78 is 17.3. The highest BCUT2D eigenvalue weighted by atomic mass is 16.5. The highest BCUT2D eigenvalue weighted by molar-refractivity contribution is 6.01. The number of hydrogen-bond acceptors (Lipinski definition) is 5. The number of carbonyl (C=O) groups excluding carboxylic acids is 2. The predicted octanol–water partition coefficient (Wildman–Crippen LogP) is 4.82. The van der Waals surface area contributed by atoms with E-state index in [4.69, 9.17) is 14.2 Å². The summed E-state index contributed by atoms with van der Waals surface area (Å²) >= 11 is 0. The minimum absolute atomic E-state index is 0.00875. The normalized spacial score (nSPS) is 20.4. The number of methoxy groups -OCH3 is 2. The molecule has 0 bridgehead atoms. The number of carbonyl (C=O) groups is 2. The topological polar surface area (TPSA) is 84.1 Å². The van der Waals surface area contributed by atoms with Crippen LogP contribution in [-0.2, 0) is 21.7 Å². The molecule has 0 aliphatic carbocycles. The first-order chi connectivity index (χ1) is 19.4. The van der Waals surface area contributed by atoms with Crippen LogP contribution in [0.3, 0.4) is 0 Å². The minimum Gasteiger partial charge on any atom is -0.496 e. The van der Waals surface area contributed by atoms with Gasteiger partial charge in [-0.05, 0) is 37.6 Å². The van der Waals surface area contributed by atoms with Crippen molar-refractivity contribution in [1.82, 2.24) is 14.8 Å². The standard InChI is InChI=1S/C32H33N3O5/c1-5-40-29-21(13-10-16-26(29)39-4)23-18-35-27(36)19-34(17-20-11-6-9-15-25(20)38-3)31(37)32(35,2)30-28(23)22-12-7-8-14-24(22)33-30/h6-16,23,33H,5,17-19H2,1-4H3/t23-,32+/m1/s1. The molecule has 3 heterocycles. The molecule has 1 fully saturated rings. The lowest BCUT2D eigenvalue weighted by Crippen LogP contribution is -2.67. The van der Waals surface area contributed by atoms with Crippen LogP contribution in [0.4, 0.5) is 0 Å². The molecule has 0 spiro atoms.